The fourth-order valence-electron chi connectivity index (χ4n) is 1.55. The van der Waals surface area contributed by atoms with Crippen molar-refractivity contribution >= 4 is 0 Å². The summed E-state index contributed by atoms with van der Waals surface area (Å²) in [7, 11) is 1.68. The lowest BCUT2D eigenvalue weighted by Crippen LogP contribution is -2.11. The maximum absolute atomic E-state index is 6.11. The van der Waals surface area contributed by atoms with Gasteiger partial charge in [-0.05, 0) is 36.5 Å². The molecule has 2 heteroatoms. The summed E-state index contributed by atoms with van der Waals surface area (Å²) in [6.07, 6.45) is 2.20. The lowest BCUT2D eigenvalue weighted by molar-refractivity contribution is 0.413. The van der Waals surface area contributed by atoms with Gasteiger partial charge >= 0.3 is 0 Å². The SMILES string of the molecule is COc1cccc([C@H](N)CCC(C)C)c1. The Morgan fingerprint density at radius 2 is 2.00 bits per heavy atom. The van der Waals surface area contributed by atoms with Crippen molar-refractivity contribution in [2.24, 2.45) is 11.7 Å². The quantitative estimate of drug-likeness (QED) is 0.805. The fraction of sp³-hybridized carbons (Fsp3) is 0.538. The summed E-state index contributed by atoms with van der Waals surface area (Å²) in [6, 6.07) is 8.14. The standard InChI is InChI=1S/C13H21NO/c1-10(2)7-8-13(14)11-5-4-6-12(9-11)15-3/h4-6,9-10,13H,7-8,14H2,1-3H3/t13-/m1/s1. The topological polar surface area (TPSA) is 35.2 Å². The van der Waals surface area contributed by atoms with Crippen molar-refractivity contribution in [2.75, 3.05) is 7.11 Å². The van der Waals surface area contributed by atoms with E-state index >= 15 is 0 Å². The van der Waals surface area contributed by atoms with Crippen molar-refractivity contribution in [2.45, 2.75) is 32.7 Å². The predicted molar refractivity (Wildman–Crippen MR) is 64.0 cm³/mol. The molecule has 0 aliphatic rings. The van der Waals surface area contributed by atoms with E-state index in [4.69, 9.17) is 10.5 Å². The van der Waals surface area contributed by atoms with Crippen molar-refractivity contribution in [1.29, 1.82) is 0 Å². The molecule has 0 radical (unpaired) electrons. The maximum Gasteiger partial charge on any atom is 0.119 e. The fourth-order valence-corrected chi connectivity index (χ4v) is 1.55. The number of hydrogen-bond donors (Lipinski definition) is 1. The van der Waals surface area contributed by atoms with Crippen molar-refractivity contribution in [3.63, 3.8) is 0 Å². The molecule has 1 rings (SSSR count). The molecule has 0 aliphatic heterocycles. The molecule has 0 aliphatic carbocycles. The zero-order valence-electron chi connectivity index (χ0n) is 9.86. The first-order valence-electron chi connectivity index (χ1n) is 5.53. The zero-order chi connectivity index (χ0) is 11.3. The molecular weight excluding hydrogens is 186 g/mol. The van der Waals surface area contributed by atoms with E-state index in [9.17, 15) is 0 Å². The van der Waals surface area contributed by atoms with Gasteiger partial charge in [0.25, 0.3) is 0 Å². The van der Waals surface area contributed by atoms with Crippen molar-refractivity contribution < 1.29 is 4.74 Å². The van der Waals surface area contributed by atoms with Gasteiger partial charge in [-0.1, -0.05) is 26.0 Å². The molecule has 0 bridgehead atoms. The summed E-state index contributed by atoms with van der Waals surface area (Å²) < 4.78 is 5.18. The Balaban J connectivity index is 2.60. The second-order valence-electron chi connectivity index (χ2n) is 4.35. The normalized spacial score (nSPS) is 12.9. The Morgan fingerprint density at radius 3 is 2.60 bits per heavy atom. The largest absolute Gasteiger partial charge is 0.497 e. The number of hydrogen-bond acceptors (Lipinski definition) is 2. The van der Waals surface area contributed by atoms with Gasteiger partial charge in [0.15, 0.2) is 0 Å². The summed E-state index contributed by atoms with van der Waals surface area (Å²) in [5.41, 5.74) is 7.27. The van der Waals surface area contributed by atoms with Crippen molar-refractivity contribution in [3.05, 3.63) is 29.8 Å². The average Bonchev–Trinajstić information content (AvgIpc) is 2.26. The van der Waals surface area contributed by atoms with Crippen LogP contribution in [0.3, 0.4) is 0 Å². The molecule has 0 spiro atoms. The Bertz CT molecular complexity index is 296. The van der Waals surface area contributed by atoms with Gasteiger partial charge in [-0.2, -0.15) is 0 Å². The highest BCUT2D eigenvalue weighted by Crippen LogP contribution is 2.22. The predicted octanol–water partition coefficient (Wildman–Crippen LogP) is 3.13. The minimum absolute atomic E-state index is 0.127. The molecular formula is C13H21NO. The van der Waals surface area contributed by atoms with Gasteiger partial charge in [-0.3, -0.25) is 0 Å². The van der Waals surface area contributed by atoms with Crippen LogP contribution in [0.25, 0.3) is 0 Å². The summed E-state index contributed by atoms with van der Waals surface area (Å²) in [6.45, 7) is 4.44. The minimum atomic E-state index is 0.127. The lowest BCUT2D eigenvalue weighted by atomic mass is 9.98. The Labute approximate surface area is 92.4 Å². The molecule has 15 heavy (non-hydrogen) atoms. The molecule has 0 saturated heterocycles. The summed E-state index contributed by atoms with van der Waals surface area (Å²) in [5.74, 6) is 1.59. The molecule has 0 fully saturated rings. The van der Waals surface area contributed by atoms with Crippen LogP contribution in [0.5, 0.6) is 5.75 Å². The molecule has 1 atom stereocenters. The molecule has 0 heterocycles. The highest BCUT2D eigenvalue weighted by Gasteiger charge is 2.07. The zero-order valence-corrected chi connectivity index (χ0v) is 9.86. The Morgan fingerprint density at radius 1 is 1.27 bits per heavy atom. The van der Waals surface area contributed by atoms with E-state index in [0.717, 1.165) is 17.7 Å². The maximum atomic E-state index is 6.11. The number of nitrogens with two attached hydrogens (primary N) is 1. The van der Waals surface area contributed by atoms with Gasteiger partial charge in [-0.25, -0.2) is 0 Å². The summed E-state index contributed by atoms with van der Waals surface area (Å²) in [5, 5.41) is 0. The van der Waals surface area contributed by atoms with Gasteiger partial charge in [-0.15, -0.1) is 0 Å². The number of rotatable bonds is 5. The van der Waals surface area contributed by atoms with Crippen LogP contribution in [0.2, 0.25) is 0 Å². The highest BCUT2D eigenvalue weighted by molar-refractivity contribution is 5.30. The monoisotopic (exact) mass is 207 g/mol. The second-order valence-corrected chi connectivity index (χ2v) is 4.35. The van der Waals surface area contributed by atoms with E-state index in [1.54, 1.807) is 7.11 Å². The lowest BCUT2D eigenvalue weighted by Gasteiger charge is -2.14. The van der Waals surface area contributed by atoms with E-state index in [1.165, 1.54) is 6.42 Å². The second kappa shape index (κ2) is 5.76. The minimum Gasteiger partial charge on any atom is -0.497 e. The molecule has 0 amide bonds. The van der Waals surface area contributed by atoms with Gasteiger partial charge in [0.05, 0.1) is 7.11 Å². The van der Waals surface area contributed by atoms with Gasteiger partial charge in [0.2, 0.25) is 0 Å². The molecule has 0 unspecified atom stereocenters. The van der Waals surface area contributed by atoms with Crippen LogP contribution in [0.4, 0.5) is 0 Å². The van der Waals surface area contributed by atoms with Gasteiger partial charge in [0, 0.05) is 6.04 Å². The molecule has 1 aromatic rings. The van der Waals surface area contributed by atoms with E-state index in [2.05, 4.69) is 19.9 Å². The number of methoxy groups -OCH3 is 1. The third-order valence-electron chi connectivity index (χ3n) is 2.58. The van der Waals surface area contributed by atoms with Crippen molar-refractivity contribution in [3.8, 4) is 5.75 Å². The first kappa shape index (κ1) is 12.1. The molecule has 0 saturated carbocycles. The van der Waals surface area contributed by atoms with Crippen LogP contribution in [0, 0.1) is 5.92 Å². The van der Waals surface area contributed by atoms with Crippen LogP contribution in [0.15, 0.2) is 24.3 Å². The summed E-state index contributed by atoms with van der Waals surface area (Å²) >= 11 is 0. The first-order chi connectivity index (χ1) is 7.13. The van der Waals surface area contributed by atoms with E-state index in [-0.39, 0.29) is 6.04 Å². The van der Waals surface area contributed by atoms with E-state index in [0.29, 0.717) is 5.92 Å². The van der Waals surface area contributed by atoms with E-state index in [1.807, 2.05) is 18.2 Å². The van der Waals surface area contributed by atoms with Crippen molar-refractivity contribution in [1.82, 2.24) is 0 Å². The number of benzene rings is 1. The molecule has 2 N–H and O–H groups in total. The molecule has 2 nitrogen and oxygen atoms in total. The Kier molecular flexibility index (Phi) is 4.63. The van der Waals surface area contributed by atoms with Crippen LogP contribution < -0.4 is 10.5 Å². The average molecular weight is 207 g/mol. The third-order valence-corrected chi connectivity index (χ3v) is 2.58. The Hall–Kier alpha value is -1.02. The van der Waals surface area contributed by atoms with Crippen LogP contribution >= 0.6 is 0 Å². The summed E-state index contributed by atoms with van der Waals surface area (Å²) in [4.78, 5) is 0. The first-order valence-corrected chi connectivity index (χ1v) is 5.53. The third kappa shape index (κ3) is 3.92. The smallest absolute Gasteiger partial charge is 0.119 e. The molecule has 84 valence electrons. The highest BCUT2D eigenvalue weighted by atomic mass is 16.5. The molecule has 0 aromatic heterocycles. The van der Waals surface area contributed by atoms with Gasteiger partial charge < -0.3 is 10.5 Å². The number of ether oxygens (including phenoxy) is 1. The van der Waals surface area contributed by atoms with Crippen LogP contribution in [-0.2, 0) is 0 Å². The van der Waals surface area contributed by atoms with E-state index < -0.39 is 0 Å². The molecule has 1 aromatic carbocycles. The van der Waals surface area contributed by atoms with Gasteiger partial charge in [0.1, 0.15) is 5.75 Å². The van der Waals surface area contributed by atoms with Crippen LogP contribution in [0.1, 0.15) is 38.3 Å². The van der Waals surface area contributed by atoms with Crippen LogP contribution in [-0.4, -0.2) is 7.11 Å².